The zero-order valence-corrected chi connectivity index (χ0v) is 14.1. The Morgan fingerprint density at radius 1 is 0.737 bits per heavy atom. The zero-order valence-electron chi connectivity index (χ0n) is 14.1. The van der Waals surface area contributed by atoms with E-state index in [9.17, 15) is 0 Å². The smallest absolute Gasteiger partial charge is 0.0391 e. The van der Waals surface area contributed by atoms with E-state index < -0.39 is 0 Å². The Labute approximate surface area is 123 Å². The van der Waals surface area contributed by atoms with Gasteiger partial charge < -0.3 is 0 Å². The monoisotopic (exact) mass is 267 g/mol. The lowest BCUT2D eigenvalue weighted by Gasteiger charge is -2.21. The van der Waals surface area contributed by atoms with Crippen LogP contribution in [0, 0.1) is 18.8 Å². The number of hydrogen-bond donors (Lipinski definition) is 0. The SMILES string of the molecule is [CH2]CC(C)C(CC)CCCCCCCCCCCC. The Morgan fingerprint density at radius 3 is 1.63 bits per heavy atom. The zero-order chi connectivity index (χ0) is 14.3. The van der Waals surface area contributed by atoms with Gasteiger partial charge in [-0.2, -0.15) is 0 Å². The van der Waals surface area contributed by atoms with Gasteiger partial charge in [-0.25, -0.2) is 0 Å². The fraction of sp³-hybridized carbons (Fsp3) is 0.947. The summed E-state index contributed by atoms with van der Waals surface area (Å²) in [7, 11) is 0. The molecule has 0 heterocycles. The van der Waals surface area contributed by atoms with Crippen LogP contribution in [0.2, 0.25) is 0 Å². The van der Waals surface area contributed by atoms with Gasteiger partial charge in [0.1, 0.15) is 0 Å². The van der Waals surface area contributed by atoms with Gasteiger partial charge in [0.05, 0.1) is 0 Å². The lowest BCUT2D eigenvalue weighted by molar-refractivity contribution is 0.315. The molecule has 0 aliphatic carbocycles. The molecule has 0 nitrogen and oxygen atoms in total. The molecule has 0 heteroatoms. The van der Waals surface area contributed by atoms with E-state index in [1.165, 1.54) is 77.0 Å². The quantitative estimate of drug-likeness (QED) is 0.292. The Bertz CT molecular complexity index is 161. The molecule has 0 aromatic carbocycles. The minimum atomic E-state index is 0.823. The van der Waals surface area contributed by atoms with Gasteiger partial charge in [0.15, 0.2) is 0 Å². The maximum atomic E-state index is 4.05. The molecule has 0 aliphatic rings. The average Bonchev–Trinajstić information content (AvgIpc) is 2.44. The van der Waals surface area contributed by atoms with Gasteiger partial charge in [-0.3, -0.25) is 0 Å². The third-order valence-electron chi connectivity index (χ3n) is 4.71. The van der Waals surface area contributed by atoms with Crippen LogP contribution < -0.4 is 0 Å². The lowest BCUT2D eigenvalue weighted by Crippen LogP contribution is -2.09. The number of hydrogen-bond acceptors (Lipinski definition) is 0. The normalized spacial score (nSPS) is 14.5. The van der Waals surface area contributed by atoms with Crippen LogP contribution in [0.15, 0.2) is 0 Å². The van der Waals surface area contributed by atoms with Crippen molar-refractivity contribution in [2.45, 2.75) is 104 Å². The molecule has 0 saturated heterocycles. The van der Waals surface area contributed by atoms with Crippen molar-refractivity contribution in [1.82, 2.24) is 0 Å². The van der Waals surface area contributed by atoms with E-state index >= 15 is 0 Å². The number of rotatable bonds is 14. The first-order chi connectivity index (χ1) is 9.26. The van der Waals surface area contributed by atoms with Gasteiger partial charge in [-0.15, -0.1) is 0 Å². The summed E-state index contributed by atoms with van der Waals surface area (Å²) in [5.74, 6) is 1.75. The Hall–Kier alpha value is 0. The van der Waals surface area contributed by atoms with Crippen LogP contribution >= 0.6 is 0 Å². The van der Waals surface area contributed by atoms with Crippen molar-refractivity contribution in [3.63, 3.8) is 0 Å². The van der Waals surface area contributed by atoms with E-state index in [0.29, 0.717) is 0 Å². The molecule has 0 aromatic rings. The highest BCUT2D eigenvalue weighted by Crippen LogP contribution is 2.24. The number of unbranched alkanes of at least 4 members (excludes halogenated alkanes) is 9. The van der Waals surface area contributed by atoms with E-state index in [0.717, 1.165) is 18.3 Å². The first-order valence-electron chi connectivity index (χ1n) is 9.05. The highest BCUT2D eigenvalue weighted by molar-refractivity contribution is 4.66. The third kappa shape index (κ3) is 11.5. The second kappa shape index (κ2) is 14.4. The molecule has 0 aromatic heterocycles. The topological polar surface area (TPSA) is 0 Å². The van der Waals surface area contributed by atoms with E-state index in [4.69, 9.17) is 0 Å². The average molecular weight is 268 g/mol. The van der Waals surface area contributed by atoms with Crippen LogP contribution in [0.5, 0.6) is 0 Å². The van der Waals surface area contributed by atoms with Crippen molar-refractivity contribution in [2.24, 2.45) is 11.8 Å². The molecule has 0 rings (SSSR count). The van der Waals surface area contributed by atoms with Crippen molar-refractivity contribution >= 4 is 0 Å². The van der Waals surface area contributed by atoms with E-state index in [-0.39, 0.29) is 0 Å². The predicted molar refractivity (Wildman–Crippen MR) is 89.4 cm³/mol. The maximum Gasteiger partial charge on any atom is -0.0391 e. The van der Waals surface area contributed by atoms with E-state index in [2.05, 4.69) is 27.7 Å². The van der Waals surface area contributed by atoms with Gasteiger partial charge in [0.25, 0.3) is 0 Å². The second-order valence-electron chi connectivity index (χ2n) is 6.40. The summed E-state index contributed by atoms with van der Waals surface area (Å²) in [5, 5.41) is 0. The fourth-order valence-corrected chi connectivity index (χ4v) is 3.02. The predicted octanol–water partition coefficient (Wildman–Crippen LogP) is 7.18. The van der Waals surface area contributed by atoms with Crippen molar-refractivity contribution in [3.8, 4) is 0 Å². The minimum absolute atomic E-state index is 0.823. The van der Waals surface area contributed by atoms with E-state index in [1.54, 1.807) is 0 Å². The standard InChI is InChI=1S/C19H39/c1-5-8-9-10-11-12-13-14-15-16-17-19(7-3)18(4)6-2/h18-19H,2,5-17H2,1,3-4H3. The lowest BCUT2D eigenvalue weighted by atomic mass is 9.85. The summed E-state index contributed by atoms with van der Waals surface area (Å²) in [6.07, 6.45) is 18.4. The molecule has 0 fully saturated rings. The summed E-state index contributed by atoms with van der Waals surface area (Å²) in [4.78, 5) is 0. The molecule has 0 amide bonds. The summed E-state index contributed by atoms with van der Waals surface area (Å²) in [5.41, 5.74) is 0. The van der Waals surface area contributed by atoms with Crippen LogP contribution in [-0.4, -0.2) is 0 Å². The van der Waals surface area contributed by atoms with Crippen molar-refractivity contribution in [1.29, 1.82) is 0 Å². The van der Waals surface area contributed by atoms with Crippen LogP contribution in [0.4, 0.5) is 0 Å². The summed E-state index contributed by atoms with van der Waals surface area (Å²) in [6.45, 7) is 11.1. The van der Waals surface area contributed by atoms with Crippen molar-refractivity contribution in [3.05, 3.63) is 6.92 Å². The maximum absolute atomic E-state index is 4.05. The highest BCUT2D eigenvalue weighted by Gasteiger charge is 2.12. The Kier molecular flexibility index (Phi) is 14.4. The molecule has 0 aliphatic heterocycles. The summed E-state index contributed by atoms with van der Waals surface area (Å²) >= 11 is 0. The molecule has 1 radical (unpaired) electrons. The first-order valence-corrected chi connectivity index (χ1v) is 9.05. The van der Waals surface area contributed by atoms with Gasteiger partial charge in [-0.05, 0) is 11.8 Å². The molecular weight excluding hydrogens is 228 g/mol. The van der Waals surface area contributed by atoms with Crippen LogP contribution in [-0.2, 0) is 0 Å². The Morgan fingerprint density at radius 2 is 1.21 bits per heavy atom. The van der Waals surface area contributed by atoms with Gasteiger partial charge in [-0.1, -0.05) is 111 Å². The van der Waals surface area contributed by atoms with Crippen molar-refractivity contribution in [2.75, 3.05) is 0 Å². The molecule has 0 spiro atoms. The minimum Gasteiger partial charge on any atom is -0.0654 e. The molecule has 115 valence electrons. The van der Waals surface area contributed by atoms with Crippen LogP contribution in [0.3, 0.4) is 0 Å². The first kappa shape index (κ1) is 19.0. The van der Waals surface area contributed by atoms with Crippen LogP contribution in [0.1, 0.15) is 104 Å². The summed E-state index contributed by atoms with van der Waals surface area (Å²) in [6, 6.07) is 0. The molecular formula is C19H39. The third-order valence-corrected chi connectivity index (χ3v) is 4.71. The van der Waals surface area contributed by atoms with Crippen LogP contribution in [0.25, 0.3) is 0 Å². The molecule has 0 N–H and O–H groups in total. The molecule has 2 unspecified atom stereocenters. The summed E-state index contributed by atoms with van der Waals surface area (Å²) < 4.78 is 0. The second-order valence-corrected chi connectivity index (χ2v) is 6.40. The Balaban J connectivity index is 3.25. The molecule has 0 bridgehead atoms. The highest BCUT2D eigenvalue weighted by atomic mass is 14.2. The molecule has 0 saturated carbocycles. The van der Waals surface area contributed by atoms with E-state index in [1.807, 2.05) is 0 Å². The largest absolute Gasteiger partial charge is 0.0654 e. The molecule has 2 atom stereocenters. The fourth-order valence-electron chi connectivity index (χ4n) is 3.02. The van der Waals surface area contributed by atoms with Gasteiger partial charge in [0.2, 0.25) is 0 Å². The van der Waals surface area contributed by atoms with Gasteiger partial charge >= 0.3 is 0 Å². The van der Waals surface area contributed by atoms with Gasteiger partial charge in [0, 0.05) is 0 Å². The van der Waals surface area contributed by atoms with Crippen molar-refractivity contribution < 1.29 is 0 Å². The molecule has 19 heavy (non-hydrogen) atoms.